The predicted molar refractivity (Wildman–Crippen MR) is 96.1 cm³/mol. The maximum Gasteiger partial charge on any atom is 0.109 e. The lowest BCUT2D eigenvalue weighted by Gasteiger charge is -2.37. The summed E-state index contributed by atoms with van der Waals surface area (Å²) in [7, 11) is 0. The minimum absolute atomic E-state index is 0.954. The summed E-state index contributed by atoms with van der Waals surface area (Å²) in [6, 6.07) is 18.8. The van der Waals surface area contributed by atoms with Gasteiger partial charge < -0.3 is 9.80 Å². The van der Waals surface area contributed by atoms with Gasteiger partial charge in [0.1, 0.15) is 4.99 Å². The molecule has 2 aromatic carbocycles. The van der Waals surface area contributed by atoms with Crippen LogP contribution in [0.15, 0.2) is 59.1 Å². The molecule has 0 unspecified atom stereocenters. The minimum atomic E-state index is 0.954. The zero-order valence-electron chi connectivity index (χ0n) is 11.7. The van der Waals surface area contributed by atoms with Crippen LogP contribution in [0.5, 0.6) is 0 Å². The number of hydrogen-bond donors (Lipinski definition) is 0. The first kappa shape index (κ1) is 14.5. The molecule has 3 rings (SSSR count). The molecule has 4 heteroatoms. The van der Waals surface area contributed by atoms with Crippen LogP contribution in [0.4, 0.5) is 5.69 Å². The lowest BCUT2D eigenvalue weighted by molar-refractivity contribution is 0.392. The number of para-hydroxylation sites is 1. The molecule has 0 aromatic heterocycles. The third-order valence-electron chi connectivity index (χ3n) is 3.78. The first-order chi connectivity index (χ1) is 10.2. The standard InChI is InChI=1S/C17H17BrN2S/c18-15-8-6-14(7-9-15)17(21)20-12-10-19(11-13-20)16-4-2-1-3-5-16/h1-9H,10-13H2. The van der Waals surface area contributed by atoms with Gasteiger partial charge in [-0.05, 0) is 24.3 Å². The molecule has 0 atom stereocenters. The van der Waals surface area contributed by atoms with Crippen LogP contribution >= 0.6 is 28.1 Å². The van der Waals surface area contributed by atoms with Crippen molar-refractivity contribution in [2.45, 2.75) is 0 Å². The van der Waals surface area contributed by atoms with Crippen molar-refractivity contribution < 1.29 is 0 Å². The molecule has 0 spiro atoms. The van der Waals surface area contributed by atoms with E-state index in [-0.39, 0.29) is 0 Å². The highest BCUT2D eigenvalue weighted by molar-refractivity contribution is 9.10. The van der Waals surface area contributed by atoms with Gasteiger partial charge in [0.15, 0.2) is 0 Å². The number of anilines is 1. The van der Waals surface area contributed by atoms with E-state index in [1.807, 2.05) is 12.1 Å². The highest BCUT2D eigenvalue weighted by atomic mass is 79.9. The zero-order chi connectivity index (χ0) is 14.7. The van der Waals surface area contributed by atoms with Gasteiger partial charge >= 0.3 is 0 Å². The smallest absolute Gasteiger partial charge is 0.109 e. The summed E-state index contributed by atoms with van der Waals surface area (Å²) in [6.45, 7) is 3.98. The molecule has 1 aliphatic rings. The van der Waals surface area contributed by atoms with Crippen molar-refractivity contribution in [1.29, 1.82) is 0 Å². The summed E-state index contributed by atoms with van der Waals surface area (Å²) < 4.78 is 1.09. The first-order valence-corrected chi connectivity index (χ1v) is 8.29. The van der Waals surface area contributed by atoms with Gasteiger partial charge in [-0.2, -0.15) is 0 Å². The summed E-state index contributed by atoms with van der Waals surface area (Å²) in [5.74, 6) is 0. The number of halogens is 1. The van der Waals surface area contributed by atoms with Gasteiger partial charge in [0, 0.05) is 41.9 Å². The van der Waals surface area contributed by atoms with Gasteiger partial charge in [-0.25, -0.2) is 0 Å². The van der Waals surface area contributed by atoms with Crippen molar-refractivity contribution in [3.63, 3.8) is 0 Å². The lowest BCUT2D eigenvalue weighted by atomic mass is 10.2. The number of rotatable bonds is 2. The fraction of sp³-hybridized carbons (Fsp3) is 0.235. The lowest BCUT2D eigenvalue weighted by Crippen LogP contribution is -2.48. The molecule has 1 fully saturated rings. The largest absolute Gasteiger partial charge is 0.368 e. The molecule has 0 saturated carbocycles. The molecule has 0 N–H and O–H groups in total. The van der Waals surface area contributed by atoms with Crippen molar-refractivity contribution in [1.82, 2.24) is 4.90 Å². The van der Waals surface area contributed by atoms with Crippen molar-refractivity contribution in [3.05, 3.63) is 64.6 Å². The Labute approximate surface area is 139 Å². The highest BCUT2D eigenvalue weighted by Crippen LogP contribution is 2.18. The monoisotopic (exact) mass is 360 g/mol. The van der Waals surface area contributed by atoms with Gasteiger partial charge in [0.2, 0.25) is 0 Å². The molecule has 108 valence electrons. The third kappa shape index (κ3) is 3.44. The first-order valence-electron chi connectivity index (χ1n) is 7.09. The molecular weight excluding hydrogens is 344 g/mol. The minimum Gasteiger partial charge on any atom is -0.368 e. The fourth-order valence-corrected chi connectivity index (χ4v) is 3.16. The molecule has 0 bridgehead atoms. The van der Waals surface area contributed by atoms with E-state index in [0.29, 0.717) is 0 Å². The Morgan fingerprint density at radius 3 is 2.10 bits per heavy atom. The third-order valence-corrected chi connectivity index (χ3v) is 4.80. The van der Waals surface area contributed by atoms with E-state index >= 15 is 0 Å². The molecule has 1 heterocycles. The van der Waals surface area contributed by atoms with Crippen LogP contribution in [0.25, 0.3) is 0 Å². The zero-order valence-corrected chi connectivity index (χ0v) is 14.1. The van der Waals surface area contributed by atoms with Crippen LogP contribution in [0.3, 0.4) is 0 Å². The van der Waals surface area contributed by atoms with E-state index in [0.717, 1.165) is 41.2 Å². The average molecular weight is 361 g/mol. The Balaban J connectivity index is 1.63. The number of piperazine rings is 1. The summed E-state index contributed by atoms with van der Waals surface area (Å²) in [5.41, 5.74) is 2.42. The maximum absolute atomic E-state index is 5.63. The second kappa shape index (κ2) is 6.58. The van der Waals surface area contributed by atoms with Crippen molar-refractivity contribution in [3.8, 4) is 0 Å². The molecule has 1 aliphatic heterocycles. The average Bonchev–Trinajstić information content (AvgIpc) is 2.56. The highest BCUT2D eigenvalue weighted by Gasteiger charge is 2.19. The topological polar surface area (TPSA) is 6.48 Å². The molecular formula is C17H17BrN2S. The van der Waals surface area contributed by atoms with Crippen LogP contribution in [0, 0.1) is 0 Å². The van der Waals surface area contributed by atoms with E-state index in [2.05, 4.69) is 68.2 Å². The molecule has 0 aliphatic carbocycles. The summed E-state index contributed by atoms with van der Waals surface area (Å²) in [5, 5.41) is 0. The quantitative estimate of drug-likeness (QED) is 0.748. The molecule has 0 radical (unpaired) electrons. The van der Waals surface area contributed by atoms with Crippen LogP contribution in [0.1, 0.15) is 5.56 Å². The molecule has 1 saturated heterocycles. The molecule has 0 amide bonds. The molecule has 21 heavy (non-hydrogen) atoms. The van der Waals surface area contributed by atoms with E-state index in [1.54, 1.807) is 0 Å². The fourth-order valence-electron chi connectivity index (χ4n) is 2.58. The number of nitrogens with zero attached hydrogens (tertiary/aromatic N) is 2. The predicted octanol–water partition coefficient (Wildman–Crippen LogP) is 3.95. The summed E-state index contributed by atoms with van der Waals surface area (Å²) in [4.78, 5) is 5.67. The van der Waals surface area contributed by atoms with Crippen molar-refractivity contribution >= 4 is 38.8 Å². The Bertz CT molecular complexity index is 604. The molecule has 2 nitrogen and oxygen atoms in total. The summed E-state index contributed by atoms with van der Waals surface area (Å²) >= 11 is 9.09. The number of benzene rings is 2. The number of thiocarbonyl (C=S) groups is 1. The van der Waals surface area contributed by atoms with Crippen LogP contribution in [-0.4, -0.2) is 36.1 Å². The Morgan fingerprint density at radius 2 is 1.48 bits per heavy atom. The van der Waals surface area contributed by atoms with Crippen LogP contribution in [-0.2, 0) is 0 Å². The maximum atomic E-state index is 5.63. The number of hydrogen-bond acceptors (Lipinski definition) is 2. The second-order valence-corrected chi connectivity index (χ2v) is 6.42. The van der Waals surface area contributed by atoms with E-state index in [1.165, 1.54) is 5.69 Å². The Kier molecular flexibility index (Phi) is 4.56. The van der Waals surface area contributed by atoms with Gasteiger partial charge in [0.25, 0.3) is 0 Å². The summed E-state index contributed by atoms with van der Waals surface area (Å²) in [6.07, 6.45) is 0. The Hall–Kier alpha value is -1.39. The van der Waals surface area contributed by atoms with Crippen LogP contribution in [0.2, 0.25) is 0 Å². The van der Waals surface area contributed by atoms with Crippen LogP contribution < -0.4 is 4.90 Å². The van der Waals surface area contributed by atoms with Gasteiger partial charge in [-0.1, -0.05) is 58.5 Å². The second-order valence-electron chi connectivity index (χ2n) is 5.12. The van der Waals surface area contributed by atoms with Gasteiger partial charge in [-0.15, -0.1) is 0 Å². The van der Waals surface area contributed by atoms with E-state index in [9.17, 15) is 0 Å². The van der Waals surface area contributed by atoms with E-state index < -0.39 is 0 Å². The normalized spacial score (nSPS) is 15.1. The SMILES string of the molecule is S=C(c1ccc(Br)cc1)N1CCN(c2ccccc2)CC1. The molecule has 2 aromatic rings. The van der Waals surface area contributed by atoms with Crippen molar-refractivity contribution in [2.75, 3.05) is 31.1 Å². The van der Waals surface area contributed by atoms with E-state index in [4.69, 9.17) is 12.2 Å². The van der Waals surface area contributed by atoms with Gasteiger partial charge in [0.05, 0.1) is 0 Å². The van der Waals surface area contributed by atoms with Crippen molar-refractivity contribution in [2.24, 2.45) is 0 Å². The van der Waals surface area contributed by atoms with Gasteiger partial charge in [-0.3, -0.25) is 0 Å². The Morgan fingerprint density at radius 1 is 0.857 bits per heavy atom.